The summed E-state index contributed by atoms with van der Waals surface area (Å²) in [7, 11) is 0. The zero-order valence-electron chi connectivity index (χ0n) is 15.6. The number of hydrogen-bond acceptors (Lipinski definition) is 6. The Kier molecular flexibility index (Phi) is 5.43. The molecule has 0 saturated heterocycles. The van der Waals surface area contributed by atoms with Gasteiger partial charge in [0.1, 0.15) is 22.7 Å². The van der Waals surface area contributed by atoms with Crippen molar-refractivity contribution in [3.05, 3.63) is 64.8 Å². The van der Waals surface area contributed by atoms with E-state index in [0.717, 1.165) is 6.07 Å². The van der Waals surface area contributed by atoms with Crippen molar-refractivity contribution in [3.63, 3.8) is 0 Å². The number of alkyl halides is 3. The summed E-state index contributed by atoms with van der Waals surface area (Å²) in [6, 6.07) is 4.34. The minimum absolute atomic E-state index is 0.0757. The summed E-state index contributed by atoms with van der Waals surface area (Å²) in [5.41, 5.74) is 3.75. The molecule has 0 radical (unpaired) electrons. The number of pyridine rings is 2. The Hall–Kier alpha value is -3.55. The van der Waals surface area contributed by atoms with Crippen LogP contribution in [-0.4, -0.2) is 34.1 Å². The molecule has 0 aromatic carbocycles. The van der Waals surface area contributed by atoms with Crippen LogP contribution in [0.25, 0.3) is 4.85 Å². The van der Waals surface area contributed by atoms with Gasteiger partial charge in [-0.15, -0.1) is 0 Å². The molecule has 156 valence electrons. The lowest BCUT2D eigenvalue weighted by Gasteiger charge is -2.35. The fourth-order valence-corrected chi connectivity index (χ4v) is 3.03. The normalized spacial score (nSPS) is 21.3. The number of hydrogen-bond donors (Lipinski definition) is 1. The Morgan fingerprint density at radius 2 is 2.10 bits per heavy atom. The number of halogens is 4. The molecule has 2 aromatic rings. The average molecular weight is 421 g/mol. The molecule has 2 aromatic heterocycles. The van der Waals surface area contributed by atoms with Gasteiger partial charge >= 0.3 is 6.18 Å². The molecule has 0 amide bonds. The standard InChI is InChI=1S/C19H15F4N5O2/c1-18(8-15(19(21,22)23)30-17(24)28-18)16-12(20)5-3-10(27-16)7-14(29)13-6-4-11(25-2)9-26-13/h3-6,9,15H,7-8H2,1H3,(H2,24,28)/t15-,18-/m0/s1. The van der Waals surface area contributed by atoms with Gasteiger partial charge in [0.2, 0.25) is 5.69 Å². The number of nitrogens with two attached hydrogens (primary N) is 1. The van der Waals surface area contributed by atoms with Crippen molar-refractivity contribution in [2.45, 2.75) is 37.6 Å². The lowest BCUT2D eigenvalue weighted by molar-refractivity contribution is -0.208. The van der Waals surface area contributed by atoms with Crippen LogP contribution in [0.3, 0.4) is 0 Å². The first kappa shape index (κ1) is 21.2. The van der Waals surface area contributed by atoms with Crippen molar-refractivity contribution >= 4 is 17.5 Å². The molecule has 0 aliphatic carbocycles. The molecule has 11 heteroatoms. The van der Waals surface area contributed by atoms with E-state index >= 15 is 0 Å². The summed E-state index contributed by atoms with van der Waals surface area (Å²) in [5.74, 6) is -1.34. The van der Waals surface area contributed by atoms with Crippen LogP contribution in [0.1, 0.15) is 35.2 Å². The van der Waals surface area contributed by atoms with Gasteiger partial charge in [-0.1, -0.05) is 6.07 Å². The van der Waals surface area contributed by atoms with Crippen LogP contribution in [0.2, 0.25) is 0 Å². The Morgan fingerprint density at radius 1 is 1.37 bits per heavy atom. The minimum atomic E-state index is -4.73. The van der Waals surface area contributed by atoms with Crippen molar-refractivity contribution in [1.82, 2.24) is 9.97 Å². The molecular formula is C19H15F4N5O2. The van der Waals surface area contributed by atoms with Crippen molar-refractivity contribution < 1.29 is 27.1 Å². The molecule has 7 nitrogen and oxygen atoms in total. The maximum Gasteiger partial charge on any atom is 0.425 e. The highest BCUT2D eigenvalue weighted by Crippen LogP contribution is 2.40. The predicted molar refractivity (Wildman–Crippen MR) is 97.2 cm³/mol. The van der Waals surface area contributed by atoms with Gasteiger partial charge in [-0.25, -0.2) is 14.2 Å². The smallest absolute Gasteiger partial charge is 0.425 e. The fraction of sp³-hybridized carbons (Fsp3) is 0.316. The SMILES string of the molecule is [C-]#[N+]c1ccc(C(=O)Cc2ccc(F)c([C@]3(C)C[C@@H](C(F)(F)F)OC(N)=N3)n2)nc1. The number of aromatic nitrogens is 2. The van der Waals surface area contributed by atoms with E-state index in [2.05, 4.69) is 24.5 Å². The quantitative estimate of drug-likeness (QED) is 0.463. The molecule has 0 spiro atoms. The zero-order valence-corrected chi connectivity index (χ0v) is 15.6. The summed E-state index contributed by atoms with van der Waals surface area (Å²) >= 11 is 0. The molecule has 0 fully saturated rings. The average Bonchev–Trinajstić information content (AvgIpc) is 2.68. The van der Waals surface area contributed by atoms with E-state index in [1.54, 1.807) is 0 Å². The second-order valence-electron chi connectivity index (χ2n) is 6.82. The van der Waals surface area contributed by atoms with Gasteiger partial charge in [-0.05, 0) is 25.1 Å². The van der Waals surface area contributed by atoms with Gasteiger partial charge in [-0.2, -0.15) is 13.2 Å². The van der Waals surface area contributed by atoms with Gasteiger partial charge in [0.05, 0.1) is 13.0 Å². The number of amidine groups is 1. The minimum Gasteiger partial charge on any atom is -0.452 e. The molecule has 30 heavy (non-hydrogen) atoms. The van der Waals surface area contributed by atoms with E-state index in [4.69, 9.17) is 12.3 Å². The topological polar surface area (TPSA) is 94.8 Å². The number of ketones is 1. The van der Waals surface area contributed by atoms with Crippen molar-refractivity contribution in [3.8, 4) is 0 Å². The van der Waals surface area contributed by atoms with Crippen LogP contribution in [0.4, 0.5) is 23.2 Å². The third kappa shape index (κ3) is 4.37. The Labute approximate surface area is 168 Å². The number of aliphatic imine (C=N–C) groups is 1. The van der Waals surface area contributed by atoms with Crippen molar-refractivity contribution in [2.24, 2.45) is 10.7 Å². The van der Waals surface area contributed by atoms with Crippen LogP contribution in [0.5, 0.6) is 0 Å². The van der Waals surface area contributed by atoms with E-state index in [-0.39, 0.29) is 29.2 Å². The Morgan fingerprint density at radius 3 is 2.70 bits per heavy atom. The number of rotatable bonds is 4. The summed E-state index contributed by atoms with van der Waals surface area (Å²) in [6.07, 6.45) is -6.75. The highest BCUT2D eigenvalue weighted by molar-refractivity contribution is 5.95. The molecule has 2 atom stereocenters. The molecule has 1 aliphatic rings. The van der Waals surface area contributed by atoms with Gasteiger partial charge in [-0.3, -0.25) is 14.8 Å². The van der Waals surface area contributed by atoms with E-state index in [9.17, 15) is 22.4 Å². The zero-order chi connectivity index (χ0) is 22.1. The number of nitrogens with zero attached hydrogens (tertiary/aromatic N) is 4. The van der Waals surface area contributed by atoms with Gasteiger partial charge in [0.15, 0.2) is 11.9 Å². The third-order valence-corrected chi connectivity index (χ3v) is 4.49. The molecule has 2 N–H and O–H groups in total. The van der Waals surface area contributed by atoms with Gasteiger partial charge < -0.3 is 10.5 Å². The number of Topliss-reactive ketones (excluding diaryl/α,β-unsaturated/α-hetero) is 1. The van der Waals surface area contributed by atoms with E-state index < -0.39 is 41.9 Å². The first-order chi connectivity index (χ1) is 14.0. The number of ether oxygens (including phenoxy) is 1. The lowest BCUT2D eigenvalue weighted by atomic mass is 9.89. The monoisotopic (exact) mass is 421 g/mol. The molecule has 1 aliphatic heterocycles. The van der Waals surface area contributed by atoms with E-state index in [1.165, 1.54) is 31.3 Å². The van der Waals surface area contributed by atoms with Crippen molar-refractivity contribution in [2.75, 3.05) is 0 Å². The van der Waals surface area contributed by atoms with E-state index in [0.29, 0.717) is 0 Å². The summed E-state index contributed by atoms with van der Waals surface area (Å²) in [5, 5.41) is 0. The molecule has 3 rings (SSSR count). The molecule has 3 heterocycles. The van der Waals surface area contributed by atoms with Crippen molar-refractivity contribution in [1.29, 1.82) is 0 Å². The van der Waals surface area contributed by atoms with Crippen LogP contribution < -0.4 is 5.73 Å². The molecule has 0 bridgehead atoms. The maximum absolute atomic E-state index is 14.5. The lowest BCUT2D eigenvalue weighted by Crippen LogP contribution is -2.46. The predicted octanol–water partition coefficient (Wildman–Crippen LogP) is 3.47. The first-order valence-corrected chi connectivity index (χ1v) is 8.63. The number of carbonyl (C=O) groups is 1. The van der Waals surface area contributed by atoms with Crippen LogP contribution in [0, 0.1) is 12.4 Å². The van der Waals surface area contributed by atoms with Crippen LogP contribution in [-0.2, 0) is 16.7 Å². The van der Waals surface area contributed by atoms with Crippen LogP contribution >= 0.6 is 0 Å². The highest BCUT2D eigenvalue weighted by Gasteiger charge is 2.50. The first-order valence-electron chi connectivity index (χ1n) is 8.63. The highest BCUT2D eigenvalue weighted by atomic mass is 19.4. The van der Waals surface area contributed by atoms with Gasteiger partial charge in [0.25, 0.3) is 6.02 Å². The Balaban J connectivity index is 1.90. The Bertz CT molecular complexity index is 1050. The molecule has 0 saturated carbocycles. The molecule has 0 unspecified atom stereocenters. The second kappa shape index (κ2) is 7.70. The molecular weight excluding hydrogens is 406 g/mol. The number of carbonyl (C=O) groups excluding carboxylic acids is 1. The van der Waals surface area contributed by atoms with Gasteiger partial charge in [0, 0.05) is 18.3 Å². The second-order valence-corrected chi connectivity index (χ2v) is 6.82. The maximum atomic E-state index is 14.5. The summed E-state index contributed by atoms with van der Waals surface area (Å²) < 4.78 is 58.5. The summed E-state index contributed by atoms with van der Waals surface area (Å²) in [4.78, 5) is 27.4. The van der Waals surface area contributed by atoms with E-state index in [1.807, 2.05) is 0 Å². The van der Waals surface area contributed by atoms with Crippen LogP contribution in [0.15, 0.2) is 35.5 Å². The summed E-state index contributed by atoms with van der Waals surface area (Å²) in [6.45, 7) is 8.15. The largest absolute Gasteiger partial charge is 0.452 e. The fourth-order valence-electron chi connectivity index (χ4n) is 3.03. The third-order valence-electron chi connectivity index (χ3n) is 4.49.